The molecule has 124 valence electrons. The molecule has 1 aliphatic carbocycles. The molecule has 1 aromatic carbocycles. The van der Waals surface area contributed by atoms with Crippen LogP contribution in [0.5, 0.6) is 0 Å². The number of fused-ring (bicyclic) bond motifs is 1. The van der Waals surface area contributed by atoms with Crippen LogP contribution >= 0.6 is 0 Å². The molecule has 4 nitrogen and oxygen atoms in total. The first-order valence-electron chi connectivity index (χ1n) is 7.91. The van der Waals surface area contributed by atoms with Crippen LogP contribution < -0.4 is 0 Å². The topological polar surface area (TPSA) is 57.6 Å². The Bertz CT molecular complexity index is 608. The second-order valence-corrected chi connectivity index (χ2v) is 5.32. The highest BCUT2D eigenvalue weighted by molar-refractivity contribution is 6.12. The minimum atomic E-state index is -0.985. The Balaban J connectivity index is 0.000000322. The molecular formula is C19H25NO3. The number of carboxylic acid groups (broad SMARTS) is 1. The number of carboxylic acids is 1. The molecule has 0 fully saturated rings. The maximum atomic E-state index is 11.6. The van der Waals surface area contributed by atoms with Gasteiger partial charge in [0.15, 0.2) is 5.78 Å². The van der Waals surface area contributed by atoms with Crippen molar-refractivity contribution in [1.29, 1.82) is 0 Å². The molecule has 1 aromatic rings. The molecule has 0 aliphatic heterocycles. The number of aliphatic carboxylic acids is 1. The molecule has 0 saturated heterocycles. The van der Waals surface area contributed by atoms with Crippen LogP contribution in [-0.2, 0) is 11.2 Å². The summed E-state index contributed by atoms with van der Waals surface area (Å²) in [5, 5.41) is 8.50. The maximum absolute atomic E-state index is 11.6. The highest BCUT2D eigenvalue weighted by atomic mass is 16.4. The van der Waals surface area contributed by atoms with Crippen LogP contribution in [0, 0.1) is 0 Å². The van der Waals surface area contributed by atoms with Gasteiger partial charge in [-0.3, -0.25) is 4.79 Å². The van der Waals surface area contributed by atoms with Gasteiger partial charge in [-0.1, -0.05) is 45.5 Å². The standard InChI is InChI=1S/C13H10O3.C6H15N/c1-8-6-10-7-9(3-5-12(14)15)2-4-11(10)13(8)16;1-4-7(5-2)6-3/h2-5,7H,1,6H2,(H,14,15);4-6H2,1-3H3/b5-3+;. The molecule has 0 spiro atoms. The van der Waals surface area contributed by atoms with Gasteiger partial charge in [0.1, 0.15) is 0 Å². The lowest BCUT2D eigenvalue weighted by Gasteiger charge is -2.13. The van der Waals surface area contributed by atoms with E-state index in [0.29, 0.717) is 17.6 Å². The summed E-state index contributed by atoms with van der Waals surface area (Å²) in [5.74, 6) is -0.996. The smallest absolute Gasteiger partial charge is 0.328 e. The average Bonchev–Trinajstić information content (AvgIpc) is 2.82. The molecule has 1 N–H and O–H groups in total. The van der Waals surface area contributed by atoms with E-state index in [1.54, 1.807) is 12.1 Å². The number of hydrogen-bond acceptors (Lipinski definition) is 3. The molecule has 0 saturated carbocycles. The molecule has 0 unspecified atom stereocenters. The van der Waals surface area contributed by atoms with E-state index < -0.39 is 5.97 Å². The molecule has 0 aromatic heterocycles. The monoisotopic (exact) mass is 315 g/mol. The zero-order chi connectivity index (χ0) is 17.4. The van der Waals surface area contributed by atoms with Crippen LogP contribution in [-0.4, -0.2) is 41.4 Å². The van der Waals surface area contributed by atoms with Crippen molar-refractivity contribution in [2.75, 3.05) is 19.6 Å². The Labute approximate surface area is 138 Å². The molecule has 23 heavy (non-hydrogen) atoms. The highest BCUT2D eigenvalue weighted by Crippen LogP contribution is 2.26. The lowest BCUT2D eigenvalue weighted by molar-refractivity contribution is -0.131. The third kappa shape index (κ3) is 5.49. The summed E-state index contributed by atoms with van der Waals surface area (Å²) < 4.78 is 0. The first-order chi connectivity index (χ1) is 10.9. The normalized spacial score (nSPS) is 13.2. The fourth-order valence-corrected chi connectivity index (χ4v) is 2.42. The van der Waals surface area contributed by atoms with E-state index in [-0.39, 0.29) is 5.78 Å². The van der Waals surface area contributed by atoms with Gasteiger partial charge in [-0.05, 0) is 42.4 Å². The second-order valence-electron chi connectivity index (χ2n) is 5.32. The van der Waals surface area contributed by atoms with Gasteiger partial charge < -0.3 is 10.0 Å². The van der Waals surface area contributed by atoms with Crippen LogP contribution in [0.1, 0.15) is 42.3 Å². The van der Waals surface area contributed by atoms with Crippen LogP contribution in [0.25, 0.3) is 6.08 Å². The Hall–Kier alpha value is -2.20. The second kappa shape index (κ2) is 9.06. The van der Waals surface area contributed by atoms with E-state index >= 15 is 0 Å². The fourth-order valence-electron chi connectivity index (χ4n) is 2.42. The van der Waals surface area contributed by atoms with Crippen molar-refractivity contribution in [3.8, 4) is 0 Å². The van der Waals surface area contributed by atoms with Crippen LogP contribution in [0.4, 0.5) is 0 Å². The lowest BCUT2D eigenvalue weighted by atomic mass is 10.1. The van der Waals surface area contributed by atoms with Crippen molar-refractivity contribution in [3.63, 3.8) is 0 Å². The summed E-state index contributed by atoms with van der Waals surface area (Å²) in [5.41, 5.74) is 2.97. The average molecular weight is 315 g/mol. The predicted octanol–water partition coefficient (Wildman–Crippen LogP) is 3.43. The van der Waals surface area contributed by atoms with E-state index in [0.717, 1.165) is 17.2 Å². The number of nitrogens with zero attached hydrogens (tertiary/aromatic N) is 1. The SMILES string of the molecule is C=C1Cc2cc(/C=C/C(=O)O)ccc2C1=O.CCN(CC)CC. The third-order valence-electron chi connectivity index (χ3n) is 3.86. The van der Waals surface area contributed by atoms with Gasteiger partial charge in [0.05, 0.1) is 0 Å². The van der Waals surface area contributed by atoms with Gasteiger partial charge in [-0.25, -0.2) is 4.79 Å². The zero-order valence-corrected chi connectivity index (χ0v) is 14.1. The van der Waals surface area contributed by atoms with Crippen molar-refractivity contribution < 1.29 is 14.7 Å². The summed E-state index contributed by atoms with van der Waals surface area (Å²) in [6, 6.07) is 5.27. The number of hydrogen-bond donors (Lipinski definition) is 1. The molecule has 1 aliphatic rings. The first-order valence-corrected chi connectivity index (χ1v) is 7.91. The molecule has 0 radical (unpaired) electrons. The van der Waals surface area contributed by atoms with Crippen molar-refractivity contribution in [3.05, 3.63) is 53.1 Å². The third-order valence-corrected chi connectivity index (χ3v) is 3.86. The Kier molecular flexibility index (Phi) is 7.42. The number of Topliss-reactive ketones (excluding diaryl/α,β-unsaturated/α-hetero) is 1. The number of rotatable bonds is 5. The number of benzene rings is 1. The van der Waals surface area contributed by atoms with Crippen molar-refractivity contribution in [1.82, 2.24) is 4.90 Å². The van der Waals surface area contributed by atoms with Gasteiger partial charge >= 0.3 is 5.97 Å². The predicted molar refractivity (Wildman–Crippen MR) is 93.7 cm³/mol. The van der Waals surface area contributed by atoms with Crippen molar-refractivity contribution in [2.24, 2.45) is 0 Å². The van der Waals surface area contributed by atoms with E-state index in [4.69, 9.17) is 5.11 Å². The Morgan fingerprint density at radius 2 is 1.87 bits per heavy atom. The number of carbonyl (C=O) groups is 2. The molecule has 0 heterocycles. The molecular weight excluding hydrogens is 290 g/mol. The van der Waals surface area contributed by atoms with Gasteiger partial charge in [-0.2, -0.15) is 0 Å². The molecule has 0 bridgehead atoms. The van der Waals surface area contributed by atoms with Crippen LogP contribution in [0.15, 0.2) is 36.4 Å². The Morgan fingerprint density at radius 1 is 1.26 bits per heavy atom. The summed E-state index contributed by atoms with van der Waals surface area (Å²) in [6.45, 7) is 13.8. The molecule has 2 rings (SSSR count). The fraction of sp³-hybridized carbons (Fsp3) is 0.368. The molecule has 0 amide bonds. The van der Waals surface area contributed by atoms with Gasteiger partial charge in [0.25, 0.3) is 0 Å². The van der Waals surface area contributed by atoms with E-state index in [2.05, 4.69) is 32.3 Å². The highest BCUT2D eigenvalue weighted by Gasteiger charge is 2.22. The van der Waals surface area contributed by atoms with Gasteiger partial charge in [-0.15, -0.1) is 0 Å². The Morgan fingerprint density at radius 3 is 2.35 bits per heavy atom. The minimum absolute atomic E-state index is 0.0104. The minimum Gasteiger partial charge on any atom is -0.478 e. The van der Waals surface area contributed by atoms with Crippen LogP contribution in [0.3, 0.4) is 0 Å². The van der Waals surface area contributed by atoms with Crippen LogP contribution in [0.2, 0.25) is 0 Å². The first kappa shape index (κ1) is 18.8. The number of ketones is 1. The maximum Gasteiger partial charge on any atom is 0.328 e. The number of allylic oxidation sites excluding steroid dienone is 1. The van der Waals surface area contributed by atoms with E-state index in [9.17, 15) is 9.59 Å². The number of carbonyl (C=O) groups excluding carboxylic acids is 1. The van der Waals surface area contributed by atoms with Crippen molar-refractivity contribution >= 4 is 17.8 Å². The largest absolute Gasteiger partial charge is 0.478 e. The summed E-state index contributed by atoms with van der Waals surface area (Å²) in [7, 11) is 0. The van der Waals surface area contributed by atoms with Gasteiger partial charge in [0.2, 0.25) is 0 Å². The summed E-state index contributed by atoms with van der Waals surface area (Å²) >= 11 is 0. The lowest BCUT2D eigenvalue weighted by Crippen LogP contribution is -2.21. The molecule has 4 heteroatoms. The quantitative estimate of drug-likeness (QED) is 0.846. The van der Waals surface area contributed by atoms with E-state index in [1.165, 1.54) is 25.7 Å². The zero-order valence-electron chi connectivity index (χ0n) is 14.1. The summed E-state index contributed by atoms with van der Waals surface area (Å²) in [6.07, 6.45) is 3.14. The van der Waals surface area contributed by atoms with Crippen molar-refractivity contribution in [2.45, 2.75) is 27.2 Å². The van der Waals surface area contributed by atoms with E-state index in [1.807, 2.05) is 6.07 Å². The summed E-state index contributed by atoms with van der Waals surface area (Å²) in [4.78, 5) is 24.3. The van der Waals surface area contributed by atoms with Gasteiger partial charge in [0, 0.05) is 18.1 Å². The molecule has 0 atom stereocenters.